The Labute approximate surface area is 114 Å². The SMILES string of the molecule is Cc1cc(O)cc(OCc2ccc(C(F)(F)F)cc2)c1. The maximum absolute atomic E-state index is 12.4. The highest BCUT2D eigenvalue weighted by Gasteiger charge is 2.29. The van der Waals surface area contributed by atoms with Crippen LogP contribution in [-0.2, 0) is 12.8 Å². The number of alkyl halides is 3. The van der Waals surface area contributed by atoms with Gasteiger partial charge in [0.1, 0.15) is 18.1 Å². The van der Waals surface area contributed by atoms with Crippen LogP contribution in [0.4, 0.5) is 13.2 Å². The van der Waals surface area contributed by atoms with Gasteiger partial charge >= 0.3 is 6.18 Å². The molecule has 0 aliphatic heterocycles. The fourth-order valence-electron chi connectivity index (χ4n) is 1.77. The molecule has 0 aromatic heterocycles. The monoisotopic (exact) mass is 282 g/mol. The molecule has 1 N–H and O–H groups in total. The van der Waals surface area contributed by atoms with Crippen molar-refractivity contribution in [3.05, 3.63) is 59.2 Å². The molecule has 2 aromatic rings. The Morgan fingerprint density at radius 2 is 1.70 bits per heavy atom. The van der Waals surface area contributed by atoms with Gasteiger partial charge in [0, 0.05) is 6.07 Å². The molecule has 0 spiro atoms. The van der Waals surface area contributed by atoms with Crippen LogP contribution >= 0.6 is 0 Å². The minimum Gasteiger partial charge on any atom is -0.508 e. The van der Waals surface area contributed by atoms with Crippen LogP contribution in [0.2, 0.25) is 0 Å². The lowest BCUT2D eigenvalue weighted by Crippen LogP contribution is -2.05. The molecule has 2 aromatic carbocycles. The Hall–Kier alpha value is -2.17. The first-order chi connectivity index (χ1) is 9.34. The van der Waals surface area contributed by atoms with Gasteiger partial charge < -0.3 is 9.84 Å². The van der Waals surface area contributed by atoms with E-state index in [1.54, 1.807) is 12.1 Å². The lowest BCUT2D eigenvalue weighted by molar-refractivity contribution is -0.137. The summed E-state index contributed by atoms with van der Waals surface area (Å²) in [7, 11) is 0. The maximum atomic E-state index is 12.4. The number of aromatic hydroxyl groups is 1. The predicted molar refractivity (Wildman–Crippen MR) is 68.6 cm³/mol. The van der Waals surface area contributed by atoms with Crippen molar-refractivity contribution < 1.29 is 23.0 Å². The molecule has 0 unspecified atom stereocenters. The third-order valence-corrected chi connectivity index (χ3v) is 2.72. The average Bonchev–Trinajstić information content (AvgIpc) is 2.35. The standard InChI is InChI=1S/C15H13F3O2/c1-10-6-13(19)8-14(7-10)20-9-11-2-4-12(5-3-11)15(16,17)18/h2-8,19H,9H2,1H3. The van der Waals surface area contributed by atoms with Crippen molar-refractivity contribution in [3.63, 3.8) is 0 Å². The highest BCUT2D eigenvalue weighted by molar-refractivity contribution is 5.37. The van der Waals surface area contributed by atoms with Gasteiger partial charge in [0.15, 0.2) is 0 Å². The van der Waals surface area contributed by atoms with Crippen molar-refractivity contribution in [2.75, 3.05) is 0 Å². The van der Waals surface area contributed by atoms with E-state index in [0.29, 0.717) is 11.3 Å². The number of hydrogen-bond acceptors (Lipinski definition) is 2. The van der Waals surface area contributed by atoms with Gasteiger partial charge in [0.25, 0.3) is 0 Å². The highest BCUT2D eigenvalue weighted by Crippen LogP contribution is 2.29. The zero-order valence-corrected chi connectivity index (χ0v) is 10.7. The number of ether oxygens (including phenoxy) is 1. The topological polar surface area (TPSA) is 29.5 Å². The van der Waals surface area contributed by atoms with Crippen molar-refractivity contribution >= 4 is 0 Å². The molecule has 0 aliphatic carbocycles. The van der Waals surface area contributed by atoms with E-state index in [9.17, 15) is 18.3 Å². The molecule has 0 atom stereocenters. The molecule has 0 fully saturated rings. The molecule has 106 valence electrons. The van der Waals surface area contributed by atoms with E-state index in [1.165, 1.54) is 18.2 Å². The fraction of sp³-hybridized carbons (Fsp3) is 0.200. The van der Waals surface area contributed by atoms with Gasteiger partial charge in [0.2, 0.25) is 0 Å². The summed E-state index contributed by atoms with van der Waals surface area (Å²) in [5, 5.41) is 9.41. The van der Waals surface area contributed by atoms with E-state index < -0.39 is 11.7 Å². The molecular formula is C15H13F3O2. The van der Waals surface area contributed by atoms with Gasteiger partial charge in [-0.15, -0.1) is 0 Å². The molecule has 0 amide bonds. The van der Waals surface area contributed by atoms with Crippen molar-refractivity contribution in [3.8, 4) is 11.5 Å². The van der Waals surface area contributed by atoms with Crippen LogP contribution in [0.5, 0.6) is 11.5 Å². The number of halogens is 3. The molecule has 2 rings (SSSR count). The van der Waals surface area contributed by atoms with E-state index in [-0.39, 0.29) is 12.4 Å². The zero-order valence-electron chi connectivity index (χ0n) is 10.7. The average molecular weight is 282 g/mol. The van der Waals surface area contributed by atoms with Crippen molar-refractivity contribution in [1.29, 1.82) is 0 Å². The third-order valence-electron chi connectivity index (χ3n) is 2.72. The summed E-state index contributed by atoms with van der Waals surface area (Å²) in [6, 6.07) is 9.57. The Morgan fingerprint density at radius 3 is 2.25 bits per heavy atom. The number of rotatable bonds is 3. The van der Waals surface area contributed by atoms with Crippen molar-refractivity contribution in [2.45, 2.75) is 19.7 Å². The summed E-state index contributed by atoms with van der Waals surface area (Å²) in [5.41, 5.74) is 0.779. The predicted octanol–water partition coefficient (Wildman–Crippen LogP) is 4.30. The van der Waals surface area contributed by atoms with Crippen LogP contribution < -0.4 is 4.74 Å². The summed E-state index contributed by atoms with van der Waals surface area (Å²) < 4.78 is 42.6. The van der Waals surface area contributed by atoms with E-state index in [1.807, 2.05) is 6.92 Å². The molecule has 0 radical (unpaired) electrons. The molecule has 0 bridgehead atoms. The first-order valence-corrected chi connectivity index (χ1v) is 5.94. The number of phenols is 1. The Bertz CT molecular complexity index is 569. The number of hydrogen-bond donors (Lipinski definition) is 1. The molecule has 20 heavy (non-hydrogen) atoms. The van der Waals surface area contributed by atoms with E-state index in [0.717, 1.165) is 17.7 Å². The normalized spacial score (nSPS) is 11.4. The summed E-state index contributed by atoms with van der Waals surface area (Å²) >= 11 is 0. The second kappa shape index (κ2) is 5.45. The molecule has 2 nitrogen and oxygen atoms in total. The summed E-state index contributed by atoms with van der Waals surface area (Å²) in [4.78, 5) is 0. The van der Waals surface area contributed by atoms with Gasteiger partial charge in [-0.25, -0.2) is 0 Å². The molecule has 0 heterocycles. The second-order valence-electron chi connectivity index (χ2n) is 4.49. The number of aryl methyl sites for hydroxylation is 1. The van der Waals surface area contributed by atoms with E-state index in [2.05, 4.69) is 0 Å². The van der Waals surface area contributed by atoms with E-state index >= 15 is 0 Å². The largest absolute Gasteiger partial charge is 0.508 e. The minimum absolute atomic E-state index is 0.0902. The molecular weight excluding hydrogens is 269 g/mol. The Balaban J connectivity index is 2.04. The first kappa shape index (κ1) is 14.2. The Kier molecular flexibility index (Phi) is 3.88. The lowest BCUT2D eigenvalue weighted by Gasteiger charge is -2.10. The van der Waals surface area contributed by atoms with E-state index in [4.69, 9.17) is 4.74 Å². The number of phenolic OH excluding ortho intramolecular Hbond substituents is 1. The lowest BCUT2D eigenvalue weighted by atomic mass is 10.1. The fourth-order valence-corrected chi connectivity index (χ4v) is 1.77. The van der Waals surface area contributed by atoms with Crippen molar-refractivity contribution in [2.24, 2.45) is 0 Å². The van der Waals surface area contributed by atoms with Gasteiger partial charge in [-0.1, -0.05) is 12.1 Å². The van der Waals surface area contributed by atoms with Gasteiger partial charge in [0.05, 0.1) is 5.56 Å². The van der Waals surface area contributed by atoms with Gasteiger partial charge in [-0.2, -0.15) is 13.2 Å². The highest BCUT2D eigenvalue weighted by atomic mass is 19.4. The first-order valence-electron chi connectivity index (χ1n) is 5.94. The maximum Gasteiger partial charge on any atom is 0.416 e. The molecule has 0 saturated heterocycles. The Morgan fingerprint density at radius 1 is 1.05 bits per heavy atom. The van der Waals surface area contributed by atoms with Crippen LogP contribution in [0, 0.1) is 6.92 Å². The summed E-state index contributed by atoms with van der Waals surface area (Å²) in [6.07, 6.45) is -4.33. The van der Waals surface area contributed by atoms with Crippen LogP contribution in [0.3, 0.4) is 0 Å². The summed E-state index contributed by atoms with van der Waals surface area (Å²) in [6.45, 7) is 1.95. The van der Waals surface area contributed by atoms with Crippen LogP contribution in [0.15, 0.2) is 42.5 Å². The van der Waals surface area contributed by atoms with Gasteiger partial charge in [-0.3, -0.25) is 0 Å². The zero-order chi connectivity index (χ0) is 14.8. The van der Waals surface area contributed by atoms with Crippen molar-refractivity contribution in [1.82, 2.24) is 0 Å². The second-order valence-corrected chi connectivity index (χ2v) is 4.49. The third kappa shape index (κ3) is 3.66. The minimum atomic E-state index is -4.33. The van der Waals surface area contributed by atoms with Crippen LogP contribution in [0.25, 0.3) is 0 Å². The van der Waals surface area contributed by atoms with Crippen LogP contribution in [-0.4, -0.2) is 5.11 Å². The van der Waals surface area contributed by atoms with Gasteiger partial charge in [-0.05, 0) is 42.3 Å². The molecule has 0 saturated carbocycles. The quantitative estimate of drug-likeness (QED) is 0.909. The number of benzene rings is 2. The van der Waals surface area contributed by atoms with Crippen LogP contribution in [0.1, 0.15) is 16.7 Å². The molecule has 0 aliphatic rings. The molecule has 5 heteroatoms. The smallest absolute Gasteiger partial charge is 0.416 e. The summed E-state index contributed by atoms with van der Waals surface area (Å²) in [5.74, 6) is 0.565.